The number of benzene rings is 2. The number of H-pyrrole nitrogens is 1. The van der Waals surface area contributed by atoms with Gasteiger partial charge in [0.15, 0.2) is 5.16 Å². The van der Waals surface area contributed by atoms with Crippen LogP contribution in [-0.2, 0) is 6.42 Å². The molecule has 0 atom stereocenters. The maximum absolute atomic E-state index is 12.2. The van der Waals surface area contributed by atoms with Gasteiger partial charge in [-0.1, -0.05) is 59.2 Å². The molecule has 0 unspecified atom stereocenters. The van der Waals surface area contributed by atoms with E-state index in [0.29, 0.717) is 32.9 Å². The number of halogens is 2. The normalized spacial score (nSPS) is 10.8. The zero-order valence-electron chi connectivity index (χ0n) is 12.8. The van der Waals surface area contributed by atoms with E-state index in [4.69, 9.17) is 23.2 Å². The molecule has 3 aromatic rings. The molecule has 0 aliphatic rings. The van der Waals surface area contributed by atoms with Crippen molar-refractivity contribution in [3.05, 3.63) is 85.8 Å². The van der Waals surface area contributed by atoms with Gasteiger partial charge in [0.05, 0.1) is 5.69 Å². The zero-order chi connectivity index (χ0) is 17.1. The van der Waals surface area contributed by atoms with E-state index >= 15 is 0 Å². The minimum absolute atomic E-state index is 0.151. The van der Waals surface area contributed by atoms with Crippen LogP contribution in [0.2, 0.25) is 10.0 Å². The van der Waals surface area contributed by atoms with Crippen LogP contribution < -0.4 is 5.56 Å². The van der Waals surface area contributed by atoms with Crippen LogP contribution in [-0.4, -0.2) is 9.97 Å². The lowest BCUT2D eigenvalue weighted by Gasteiger charge is -2.10. The number of rotatable bonds is 4. The Morgan fingerprint density at radius 3 is 2.38 bits per heavy atom. The van der Waals surface area contributed by atoms with Crippen LogP contribution in [0.25, 0.3) is 0 Å². The summed E-state index contributed by atoms with van der Waals surface area (Å²) in [5.74, 6) is 0. The summed E-state index contributed by atoms with van der Waals surface area (Å²) in [6.07, 6.45) is 0.413. The number of aromatic nitrogens is 2. The largest absolute Gasteiger partial charge is 0.301 e. The molecule has 3 nitrogen and oxygen atoms in total. The van der Waals surface area contributed by atoms with Crippen molar-refractivity contribution in [1.29, 1.82) is 0 Å². The summed E-state index contributed by atoms with van der Waals surface area (Å²) in [5, 5.41) is 1.69. The molecule has 0 saturated carbocycles. The molecule has 0 aliphatic carbocycles. The summed E-state index contributed by atoms with van der Waals surface area (Å²) >= 11 is 13.9. The highest BCUT2D eigenvalue weighted by Gasteiger charge is 2.13. The zero-order valence-corrected chi connectivity index (χ0v) is 15.2. The second kappa shape index (κ2) is 7.43. The van der Waals surface area contributed by atoms with E-state index in [-0.39, 0.29) is 5.56 Å². The van der Waals surface area contributed by atoms with Gasteiger partial charge < -0.3 is 4.98 Å². The highest BCUT2D eigenvalue weighted by Crippen LogP contribution is 2.28. The van der Waals surface area contributed by atoms with E-state index in [9.17, 15) is 4.79 Å². The Bertz CT molecular complexity index is 906. The van der Waals surface area contributed by atoms with Gasteiger partial charge in [-0.25, -0.2) is 4.98 Å². The molecular weight excluding hydrogens is 363 g/mol. The molecule has 1 N–H and O–H groups in total. The lowest BCUT2D eigenvalue weighted by atomic mass is 10.1. The van der Waals surface area contributed by atoms with Gasteiger partial charge in [0.1, 0.15) is 0 Å². The third-order valence-corrected chi connectivity index (χ3v) is 5.20. The van der Waals surface area contributed by atoms with Crippen molar-refractivity contribution in [2.24, 2.45) is 0 Å². The Morgan fingerprint density at radius 1 is 1.04 bits per heavy atom. The van der Waals surface area contributed by atoms with Gasteiger partial charge in [0.25, 0.3) is 5.56 Å². The monoisotopic (exact) mass is 376 g/mol. The Kier molecular flexibility index (Phi) is 5.29. The second-order valence-corrected chi connectivity index (χ2v) is 7.11. The maximum Gasteiger partial charge on any atom is 0.254 e. The predicted octanol–water partition coefficient (Wildman–Crippen LogP) is 5.13. The Balaban J connectivity index is 1.97. The second-order valence-electron chi connectivity index (χ2n) is 5.23. The molecule has 0 aliphatic heterocycles. The molecule has 6 heteroatoms. The maximum atomic E-state index is 12.2. The lowest BCUT2D eigenvalue weighted by molar-refractivity contribution is 0.858. The Morgan fingerprint density at radius 2 is 1.71 bits per heavy atom. The van der Waals surface area contributed by atoms with Crippen LogP contribution in [0.4, 0.5) is 0 Å². The molecule has 0 radical (unpaired) electrons. The summed E-state index contributed by atoms with van der Waals surface area (Å²) in [6.45, 7) is 1.75. The first-order valence-corrected chi connectivity index (χ1v) is 8.87. The van der Waals surface area contributed by atoms with Crippen molar-refractivity contribution in [3.63, 3.8) is 0 Å². The summed E-state index contributed by atoms with van der Waals surface area (Å²) in [7, 11) is 0. The number of hydrogen-bond donors (Lipinski definition) is 1. The number of nitrogens with one attached hydrogen (secondary N) is 1. The SMILES string of the molecule is Cc1c(Cc2c(Cl)cccc2Cl)nc(Sc2ccccc2)[nH]c1=O. The van der Waals surface area contributed by atoms with Crippen LogP contribution in [0.1, 0.15) is 16.8 Å². The minimum atomic E-state index is -0.151. The van der Waals surface area contributed by atoms with Crippen molar-refractivity contribution in [2.45, 2.75) is 23.4 Å². The minimum Gasteiger partial charge on any atom is -0.301 e. The Hall–Kier alpha value is -1.75. The summed E-state index contributed by atoms with van der Waals surface area (Å²) in [5.41, 5.74) is 1.87. The fourth-order valence-corrected chi connectivity index (χ4v) is 3.59. The first-order chi connectivity index (χ1) is 11.5. The van der Waals surface area contributed by atoms with E-state index in [0.717, 1.165) is 10.5 Å². The molecule has 24 heavy (non-hydrogen) atoms. The summed E-state index contributed by atoms with van der Waals surface area (Å²) in [4.78, 5) is 20.6. The molecule has 122 valence electrons. The third kappa shape index (κ3) is 3.83. The van der Waals surface area contributed by atoms with Crippen molar-refractivity contribution < 1.29 is 0 Å². The molecular formula is C18H14Cl2N2OS. The van der Waals surface area contributed by atoms with Crippen molar-refractivity contribution in [3.8, 4) is 0 Å². The molecule has 0 saturated heterocycles. The van der Waals surface area contributed by atoms with Gasteiger partial charge >= 0.3 is 0 Å². The van der Waals surface area contributed by atoms with Crippen molar-refractivity contribution >= 4 is 35.0 Å². The fourth-order valence-electron chi connectivity index (χ4n) is 2.25. The molecule has 0 fully saturated rings. The highest BCUT2D eigenvalue weighted by atomic mass is 35.5. The van der Waals surface area contributed by atoms with Crippen molar-refractivity contribution in [2.75, 3.05) is 0 Å². The van der Waals surface area contributed by atoms with Gasteiger partial charge in [-0.05, 0) is 36.8 Å². The van der Waals surface area contributed by atoms with Crippen LogP contribution in [0.3, 0.4) is 0 Å². The fraction of sp³-hybridized carbons (Fsp3) is 0.111. The molecule has 0 spiro atoms. The van der Waals surface area contributed by atoms with E-state index in [1.165, 1.54) is 11.8 Å². The van der Waals surface area contributed by atoms with Gasteiger partial charge in [0, 0.05) is 26.9 Å². The molecule has 2 aromatic carbocycles. The molecule has 1 aromatic heterocycles. The summed E-state index contributed by atoms with van der Waals surface area (Å²) < 4.78 is 0. The van der Waals surface area contributed by atoms with Gasteiger partial charge in [-0.3, -0.25) is 4.79 Å². The average molecular weight is 377 g/mol. The lowest BCUT2D eigenvalue weighted by Crippen LogP contribution is -2.16. The smallest absolute Gasteiger partial charge is 0.254 e. The van der Waals surface area contributed by atoms with E-state index < -0.39 is 0 Å². The first kappa shape index (κ1) is 17.1. The van der Waals surface area contributed by atoms with E-state index in [1.54, 1.807) is 25.1 Å². The number of hydrogen-bond acceptors (Lipinski definition) is 3. The molecule has 1 heterocycles. The van der Waals surface area contributed by atoms with E-state index in [1.807, 2.05) is 30.3 Å². The van der Waals surface area contributed by atoms with Crippen molar-refractivity contribution in [1.82, 2.24) is 9.97 Å². The average Bonchev–Trinajstić information content (AvgIpc) is 2.56. The topological polar surface area (TPSA) is 45.8 Å². The van der Waals surface area contributed by atoms with Crippen LogP contribution >= 0.6 is 35.0 Å². The van der Waals surface area contributed by atoms with Crippen LogP contribution in [0.15, 0.2) is 63.4 Å². The van der Waals surface area contributed by atoms with Gasteiger partial charge in [-0.15, -0.1) is 0 Å². The third-order valence-electron chi connectivity index (χ3n) is 3.59. The van der Waals surface area contributed by atoms with E-state index in [2.05, 4.69) is 9.97 Å². The predicted molar refractivity (Wildman–Crippen MR) is 99.4 cm³/mol. The standard InChI is InChI=1S/C18H14Cl2N2OS/c1-11-16(10-13-14(19)8-5-9-15(13)20)21-18(22-17(11)23)24-12-6-3-2-4-7-12/h2-9H,10H2,1H3,(H,21,22,23). The van der Waals surface area contributed by atoms with Gasteiger partial charge in [-0.2, -0.15) is 0 Å². The molecule has 0 amide bonds. The number of nitrogens with zero attached hydrogens (tertiary/aromatic N) is 1. The van der Waals surface area contributed by atoms with Crippen LogP contribution in [0, 0.1) is 6.92 Å². The summed E-state index contributed by atoms with van der Waals surface area (Å²) in [6, 6.07) is 15.1. The quantitative estimate of drug-likeness (QED) is 0.642. The van der Waals surface area contributed by atoms with Crippen LogP contribution in [0.5, 0.6) is 0 Å². The highest BCUT2D eigenvalue weighted by molar-refractivity contribution is 7.99. The molecule has 0 bridgehead atoms. The van der Waals surface area contributed by atoms with Gasteiger partial charge in [0.2, 0.25) is 0 Å². The Labute approximate surface area is 154 Å². The number of aromatic amines is 1. The first-order valence-electron chi connectivity index (χ1n) is 7.30. The molecule has 3 rings (SSSR count).